The maximum Gasteiger partial charge on any atom is 0.328 e. The first-order valence-corrected chi connectivity index (χ1v) is 8.47. The Kier molecular flexibility index (Phi) is 5.69. The van der Waals surface area contributed by atoms with Gasteiger partial charge >= 0.3 is 5.97 Å². The Morgan fingerprint density at radius 1 is 1.35 bits per heavy atom. The second-order valence-electron chi connectivity index (χ2n) is 4.64. The molecule has 6 nitrogen and oxygen atoms in total. The van der Waals surface area contributed by atoms with Gasteiger partial charge in [0.25, 0.3) is 11.1 Å². The lowest BCUT2D eigenvalue weighted by Gasteiger charge is -2.18. The molecular weight excluding hydrogens is 433 g/mol. The minimum absolute atomic E-state index is 0.270. The lowest BCUT2D eigenvalue weighted by molar-refractivity contribution is -0.148. The largest absolute Gasteiger partial charge is 0.496 e. The van der Waals surface area contributed by atoms with E-state index < -0.39 is 23.2 Å². The van der Waals surface area contributed by atoms with Crippen molar-refractivity contribution < 1.29 is 23.9 Å². The molecule has 0 aromatic heterocycles. The fourth-order valence-electron chi connectivity index (χ4n) is 2.01. The van der Waals surface area contributed by atoms with Crippen LogP contribution in [0.4, 0.5) is 4.79 Å². The van der Waals surface area contributed by atoms with Gasteiger partial charge in [-0.25, -0.2) is 4.79 Å². The number of rotatable bonds is 4. The van der Waals surface area contributed by atoms with Crippen LogP contribution < -0.4 is 4.74 Å². The van der Waals surface area contributed by atoms with Crippen LogP contribution in [-0.4, -0.2) is 42.3 Å². The number of carbonyl (C=O) groups excluding carboxylic acids is 3. The monoisotopic (exact) mass is 447 g/mol. The van der Waals surface area contributed by atoms with E-state index in [0.29, 0.717) is 0 Å². The van der Waals surface area contributed by atoms with Crippen molar-refractivity contribution in [3.63, 3.8) is 0 Å². The van der Waals surface area contributed by atoms with Crippen molar-refractivity contribution in [2.45, 2.75) is 13.0 Å². The molecule has 0 radical (unpaired) electrons. The van der Waals surface area contributed by atoms with Gasteiger partial charge in [-0.3, -0.25) is 14.5 Å². The van der Waals surface area contributed by atoms with E-state index in [9.17, 15) is 14.4 Å². The van der Waals surface area contributed by atoms with Gasteiger partial charge in [0, 0.05) is 0 Å². The Balaban J connectivity index is 2.28. The molecule has 8 heteroatoms. The summed E-state index contributed by atoms with van der Waals surface area (Å²) in [5, 5.41) is -0.484. The van der Waals surface area contributed by atoms with E-state index in [1.54, 1.807) is 25.3 Å². The average molecular weight is 447 g/mol. The van der Waals surface area contributed by atoms with Gasteiger partial charge in [-0.1, -0.05) is 6.07 Å². The Bertz CT molecular complexity index is 703. The van der Waals surface area contributed by atoms with Crippen LogP contribution in [0, 0.1) is 3.57 Å². The summed E-state index contributed by atoms with van der Waals surface area (Å²) in [6, 6.07) is 4.47. The lowest BCUT2D eigenvalue weighted by Crippen LogP contribution is -2.42. The summed E-state index contributed by atoms with van der Waals surface area (Å²) in [6.07, 6.45) is 1.62. The fraction of sp³-hybridized carbons (Fsp3) is 0.267. The maximum atomic E-state index is 12.4. The summed E-state index contributed by atoms with van der Waals surface area (Å²) in [5.41, 5.74) is 0.770. The molecule has 1 fully saturated rings. The molecule has 1 atom stereocenters. The molecular formula is C15H14INO5S. The van der Waals surface area contributed by atoms with Crippen LogP contribution in [0.25, 0.3) is 6.08 Å². The zero-order chi connectivity index (χ0) is 17.1. The highest BCUT2D eigenvalue weighted by molar-refractivity contribution is 14.1. The molecule has 23 heavy (non-hydrogen) atoms. The predicted molar refractivity (Wildman–Crippen MR) is 95.0 cm³/mol. The normalized spacial score (nSPS) is 17.6. The zero-order valence-electron chi connectivity index (χ0n) is 12.7. The van der Waals surface area contributed by atoms with Crippen molar-refractivity contribution in [1.82, 2.24) is 4.90 Å². The van der Waals surface area contributed by atoms with Crippen LogP contribution in [0.3, 0.4) is 0 Å². The summed E-state index contributed by atoms with van der Waals surface area (Å²) >= 11 is 2.93. The van der Waals surface area contributed by atoms with Crippen molar-refractivity contribution >= 4 is 57.5 Å². The van der Waals surface area contributed by atoms with E-state index in [1.807, 2.05) is 6.07 Å². The Labute approximate surface area is 151 Å². The van der Waals surface area contributed by atoms with Gasteiger partial charge in [0.2, 0.25) is 0 Å². The molecule has 0 saturated carbocycles. The Morgan fingerprint density at radius 2 is 2.04 bits per heavy atom. The number of benzene rings is 1. The first kappa shape index (κ1) is 17.8. The third kappa shape index (κ3) is 3.69. The highest BCUT2D eigenvalue weighted by atomic mass is 127. The van der Waals surface area contributed by atoms with Gasteiger partial charge in [-0.2, -0.15) is 0 Å². The van der Waals surface area contributed by atoms with Gasteiger partial charge in [0.1, 0.15) is 11.8 Å². The number of halogens is 1. The minimum Gasteiger partial charge on any atom is -0.496 e. The van der Waals surface area contributed by atoms with E-state index in [0.717, 1.165) is 31.5 Å². The number of carbonyl (C=O) groups is 3. The third-order valence-corrected chi connectivity index (χ3v) is 4.95. The van der Waals surface area contributed by atoms with E-state index >= 15 is 0 Å². The molecule has 1 saturated heterocycles. The number of hydrogen-bond donors (Lipinski definition) is 0. The maximum absolute atomic E-state index is 12.4. The Hall–Kier alpha value is -1.55. The second-order valence-corrected chi connectivity index (χ2v) is 6.80. The van der Waals surface area contributed by atoms with Gasteiger partial charge in [-0.15, -0.1) is 0 Å². The molecule has 0 N–H and O–H groups in total. The summed E-state index contributed by atoms with van der Waals surface area (Å²) in [5.74, 6) is -0.397. The van der Waals surface area contributed by atoms with Crippen molar-refractivity contribution in [2.75, 3.05) is 14.2 Å². The molecule has 0 bridgehead atoms. The second kappa shape index (κ2) is 7.35. The van der Waals surface area contributed by atoms with E-state index in [1.165, 1.54) is 14.0 Å². The molecule has 0 aliphatic carbocycles. The number of hydrogen-bond acceptors (Lipinski definition) is 6. The molecule has 1 aliphatic rings. The van der Waals surface area contributed by atoms with Crippen LogP contribution in [0.2, 0.25) is 0 Å². The quantitative estimate of drug-likeness (QED) is 0.402. The van der Waals surface area contributed by atoms with E-state index in [4.69, 9.17) is 4.74 Å². The number of thioether (sulfide) groups is 1. The molecule has 0 unspecified atom stereocenters. The first-order valence-electron chi connectivity index (χ1n) is 6.57. The van der Waals surface area contributed by atoms with E-state index in [2.05, 4.69) is 27.3 Å². The number of amides is 2. The van der Waals surface area contributed by atoms with Crippen LogP contribution >= 0.6 is 34.4 Å². The van der Waals surface area contributed by atoms with Crippen molar-refractivity contribution in [1.29, 1.82) is 0 Å². The first-order chi connectivity index (χ1) is 10.9. The fourth-order valence-corrected chi connectivity index (χ4v) is 3.68. The summed E-state index contributed by atoms with van der Waals surface area (Å²) in [4.78, 5) is 37.1. The van der Waals surface area contributed by atoms with Gasteiger partial charge < -0.3 is 9.47 Å². The van der Waals surface area contributed by atoms with Crippen LogP contribution in [0.5, 0.6) is 5.75 Å². The topological polar surface area (TPSA) is 72.9 Å². The number of esters is 1. The molecule has 1 aromatic carbocycles. The van der Waals surface area contributed by atoms with Crippen LogP contribution in [0.1, 0.15) is 12.5 Å². The van der Waals surface area contributed by atoms with Crippen LogP contribution in [0.15, 0.2) is 23.1 Å². The summed E-state index contributed by atoms with van der Waals surface area (Å²) < 4.78 is 10.7. The average Bonchev–Trinajstić information content (AvgIpc) is 2.80. The van der Waals surface area contributed by atoms with Crippen molar-refractivity contribution in [3.05, 3.63) is 32.2 Å². The molecule has 2 rings (SSSR count). The minimum atomic E-state index is -0.950. The standard InChI is InChI=1S/C15H14INO5S/c1-8(14(19)22-3)17-13(18)12(23-15(17)20)7-9-4-5-11(21-2)10(16)6-9/h4-8H,1-3H3/b12-7+/t8-/m1/s1. The highest BCUT2D eigenvalue weighted by Crippen LogP contribution is 2.34. The zero-order valence-corrected chi connectivity index (χ0v) is 15.6. The van der Waals surface area contributed by atoms with Gasteiger partial charge in [-0.05, 0) is 65.0 Å². The van der Waals surface area contributed by atoms with Crippen molar-refractivity contribution in [2.24, 2.45) is 0 Å². The highest BCUT2D eigenvalue weighted by Gasteiger charge is 2.41. The summed E-state index contributed by atoms with van der Waals surface area (Å²) in [7, 11) is 2.80. The van der Waals surface area contributed by atoms with Gasteiger partial charge in [0.05, 0.1) is 22.7 Å². The SMILES string of the molecule is COC(=O)[C@@H](C)N1C(=O)S/C(=C/c2ccc(OC)c(I)c2)C1=O. The number of imide groups is 1. The molecule has 1 aromatic rings. The number of ether oxygens (including phenoxy) is 2. The molecule has 122 valence electrons. The smallest absolute Gasteiger partial charge is 0.328 e. The predicted octanol–water partition coefficient (Wildman–Crippen LogP) is 2.90. The van der Waals surface area contributed by atoms with Gasteiger partial charge in [0.15, 0.2) is 0 Å². The van der Waals surface area contributed by atoms with Crippen LogP contribution in [-0.2, 0) is 14.3 Å². The molecule has 1 heterocycles. The molecule has 0 spiro atoms. The lowest BCUT2D eigenvalue weighted by atomic mass is 10.2. The summed E-state index contributed by atoms with van der Waals surface area (Å²) in [6.45, 7) is 1.46. The molecule has 2 amide bonds. The Morgan fingerprint density at radius 3 is 2.61 bits per heavy atom. The number of methoxy groups -OCH3 is 2. The number of nitrogens with zero attached hydrogens (tertiary/aromatic N) is 1. The third-order valence-electron chi connectivity index (χ3n) is 3.23. The molecule has 1 aliphatic heterocycles. The van der Waals surface area contributed by atoms with E-state index in [-0.39, 0.29) is 4.91 Å². The van der Waals surface area contributed by atoms with Crippen molar-refractivity contribution in [3.8, 4) is 5.75 Å².